The highest BCUT2D eigenvalue weighted by molar-refractivity contribution is 7.89. The van der Waals surface area contributed by atoms with E-state index in [9.17, 15) is 23.4 Å². The number of carboxylic acid groups (broad SMARTS) is 1. The minimum absolute atomic E-state index is 0.0264. The van der Waals surface area contributed by atoms with E-state index in [1.807, 2.05) is 37.3 Å². The van der Waals surface area contributed by atoms with Crippen LogP contribution in [0.2, 0.25) is 0 Å². The van der Waals surface area contributed by atoms with Crippen molar-refractivity contribution in [3.05, 3.63) is 89.5 Å². The van der Waals surface area contributed by atoms with Gasteiger partial charge in [0.2, 0.25) is 10.0 Å². The van der Waals surface area contributed by atoms with Gasteiger partial charge in [-0.25, -0.2) is 8.42 Å². The van der Waals surface area contributed by atoms with Crippen LogP contribution in [0, 0.1) is 11.8 Å². The second kappa shape index (κ2) is 13.5. The first kappa shape index (κ1) is 31.9. The number of aliphatic hydroxyl groups excluding tert-OH is 1. The van der Waals surface area contributed by atoms with Crippen LogP contribution < -0.4 is 5.32 Å². The Morgan fingerprint density at radius 3 is 2.24 bits per heavy atom. The smallest absolute Gasteiger partial charge is 0.306 e. The van der Waals surface area contributed by atoms with Crippen LogP contribution >= 0.6 is 0 Å². The van der Waals surface area contributed by atoms with E-state index in [2.05, 4.69) is 43.4 Å². The fourth-order valence-electron chi connectivity index (χ4n) is 5.98. The molecule has 2 atom stereocenters. The number of fused-ring (bicyclic) bond motifs is 1. The number of hydrogen-bond acceptors (Lipinski definition) is 5. The van der Waals surface area contributed by atoms with Gasteiger partial charge in [-0.05, 0) is 91.8 Å². The minimum atomic E-state index is -3.82. The number of β-amino-alcohol motifs (C(OH)–C–C–N with tert-alkyl or cyclic N) is 1. The summed E-state index contributed by atoms with van der Waals surface area (Å²) >= 11 is 0. The van der Waals surface area contributed by atoms with Crippen LogP contribution in [-0.2, 0) is 34.1 Å². The Balaban J connectivity index is 1.33. The fourth-order valence-corrected chi connectivity index (χ4v) is 7.24. The van der Waals surface area contributed by atoms with Gasteiger partial charge >= 0.3 is 5.97 Å². The summed E-state index contributed by atoms with van der Waals surface area (Å²) in [6.45, 7) is 6.40. The average Bonchev–Trinajstić information content (AvgIpc) is 3.36. The first-order valence-electron chi connectivity index (χ1n) is 14.8. The van der Waals surface area contributed by atoms with Crippen LogP contribution in [0.1, 0.15) is 50.3 Å². The maximum Gasteiger partial charge on any atom is 0.306 e. The Hall–Kier alpha value is -3.04. The van der Waals surface area contributed by atoms with E-state index in [0.717, 1.165) is 36.0 Å². The largest absolute Gasteiger partial charge is 0.481 e. The van der Waals surface area contributed by atoms with E-state index in [0.29, 0.717) is 25.3 Å². The second-order valence-electron chi connectivity index (χ2n) is 12.3. The predicted octanol–water partition coefficient (Wildman–Crippen LogP) is 5.16. The van der Waals surface area contributed by atoms with Crippen molar-refractivity contribution in [1.29, 1.82) is 0 Å². The van der Waals surface area contributed by atoms with Crippen LogP contribution in [0.4, 0.5) is 0 Å². The van der Waals surface area contributed by atoms with Crippen LogP contribution in [0.25, 0.3) is 11.1 Å². The van der Waals surface area contributed by atoms with Crippen molar-refractivity contribution in [3.8, 4) is 11.1 Å². The lowest BCUT2D eigenvalue weighted by molar-refractivity contribution is -0.141. The Bertz CT molecular complexity index is 1440. The molecule has 0 saturated heterocycles. The number of benzene rings is 3. The van der Waals surface area contributed by atoms with Crippen molar-refractivity contribution in [2.24, 2.45) is 11.8 Å². The van der Waals surface area contributed by atoms with Gasteiger partial charge in [0, 0.05) is 25.7 Å². The van der Waals surface area contributed by atoms with E-state index in [4.69, 9.17) is 0 Å². The number of aliphatic hydroxyl groups is 1. The maximum absolute atomic E-state index is 13.4. The zero-order valence-electron chi connectivity index (χ0n) is 25.1. The quantitative estimate of drug-likeness (QED) is 0.239. The third-order valence-electron chi connectivity index (χ3n) is 8.37. The van der Waals surface area contributed by atoms with Crippen molar-refractivity contribution >= 4 is 16.0 Å². The standard InChI is InChI=1S/C34H44N2O5S/c1-5-26(33(38)39)17-24-13-15-27(16-14-24)30-11-8-12-32(20-30)42(40,41)36(4)23-31(37)22-35-34(2,3)21-25-18-28-9-6-7-10-29(28)19-25/h6-16,20,25-26,31,35,37H,5,17-19,21-23H2,1-4H3,(H,38,39). The summed E-state index contributed by atoms with van der Waals surface area (Å²) in [7, 11) is -2.33. The van der Waals surface area contributed by atoms with Crippen LogP contribution in [0.5, 0.6) is 0 Å². The van der Waals surface area contributed by atoms with Crippen LogP contribution in [0.3, 0.4) is 0 Å². The number of nitrogens with zero attached hydrogens (tertiary/aromatic N) is 1. The lowest BCUT2D eigenvalue weighted by Crippen LogP contribution is -2.47. The molecule has 7 nitrogen and oxygen atoms in total. The number of rotatable bonds is 14. The normalized spacial score (nSPS) is 15.5. The summed E-state index contributed by atoms with van der Waals surface area (Å²) in [4.78, 5) is 11.5. The Kier molecular flexibility index (Phi) is 10.3. The van der Waals surface area contributed by atoms with Gasteiger partial charge in [-0.3, -0.25) is 4.79 Å². The summed E-state index contributed by atoms with van der Waals surface area (Å²) in [5, 5.41) is 23.6. The number of nitrogens with one attached hydrogen (secondary N) is 1. The third kappa shape index (κ3) is 8.07. The summed E-state index contributed by atoms with van der Waals surface area (Å²) in [6, 6.07) is 22.9. The van der Waals surface area contributed by atoms with Gasteiger partial charge in [-0.1, -0.05) is 67.6 Å². The number of hydrogen-bond donors (Lipinski definition) is 3. The Labute approximate surface area is 250 Å². The van der Waals surface area contributed by atoms with E-state index in [1.54, 1.807) is 18.2 Å². The van der Waals surface area contributed by atoms with E-state index in [1.165, 1.54) is 22.5 Å². The fraction of sp³-hybridized carbons (Fsp3) is 0.441. The molecule has 0 radical (unpaired) electrons. The SMILES string of the molecule is CCC(Cc1ccc(-c2cccc(S(=O)(=O)N(C)CC(O)CNC(C)(C)CC3Cc4ccccc4C3)c2)cc1)C(=O)O. The number of carbonyl (C=O) groups is 1. The highest BCUT2D eigenvalue weighted by Gasteiger charge is 2.29. The molecule has 0 saturated carbocycles. The van der Waals surface area contributed by atoms with Crippen molar-refractivity contribution < 1.29 is 23.4 Å². The van der Waals surface area contributed by atoms with Gasteiger partial charge in [-0.15, -0.1) is 0 Å². The van der Waals surface area contributed by atoms with E-state index in [-0.39, 0.29) is 17.0 Å². The molecule has 3 aromatic rings. The Morgan fingerprint density at radius 2 is 1.64 bits per heavy atom. The van der Waals surface area contributed by atoms with Crippen LogP contribution in [-0.4, -0.2) is 60.7 Å². The van der Waals surface area contributed by atoms with Gasteiger partial charge < -0.3 is 15.5 Å². The molecule has 0 amide bonds. The molecule has 3 aromatic carbocycles. The molecular formula is C34H44N2O5S. The van der Waals surface area contributed by atoms with Crippen molar-refractivity contribution in [2.75, 3.05) is 20.1 Å². The van der Waals surface area contributed by atoms with Gasteiger partial charge in [0.05, 0.1) is 16.9 Å². The molecule has 0 spiro atoms. The van der Waals surface area contributed by atoms with Crippen molar-refractivity contribution in [2.45, 2.75) is 69.4 Å². The summed E-state index contributed by atoms with van der Waals surface area (Å²) in [5.74, 6) is -0.683. The molecule has 0 bridgehead atoms. The topological polar surface area (TPSA) is 107 Å². The monoisotopic (exact) mass is 592 g/mol. The lowest BCUT2D eigenvalue weighted by Gasteiger charge is -2.31. The molecule has 1 aliphatic carbocycles. The number of aliphatic carboxylic acids is 1. The first-order valence-corrected chi connectivity index (χ1v) is 16.2. The summed E-state index contributed by atoms with van der Waals surface area (Å²) in [5.41, 5.74) is 5.17. The maximum atomic E-state index is 13.4. The van der Waals surface area contributed by atoms with Gasteiger partial charge in [0.15, 0.2) is 0 Å². The molecule has 3 N–H and O–H groups in total. The van der Waals surface area contributed by atoms with E-state index >= 15 is 0 Å². The molecule has 0 aliphatic heterocycles. The van der Waals surface area contributed by atoms with Crippen molar-refractivity contribution in [3.63, 3.8) is 0 Å². The second-order valence-corrected chi connectivity index (χ2v) is 14.4. The van der Waals surface area contributed by atoms with Crippen LogP contribution in [0.15, 0.2) is 77.7 Å². The zero-order chi connectivity index (χ0) is 30.5. The molecule has 42 heavy (non-hydrogen) atoms. The van der Waals surface area contributed by atoms with E-state index < -0.39 is 28.0 Å². The summed E-state index contributed by atoms with van der Waals surface area (Å²) < 4.78 is 28.0. The predicted molar refractivity (Wildman–Crippen MR) is 167 cm³/mol. The number of carboxylic acids is 1. The van der Waals surface area contributed by atoms with Gasteiger partial charge in [-0.2, -0.15) is 4.31 Å². The highest BCUT2D eigenvalue weighted by atomic mass is 32.2. The molecule has 1 aliphatic rings. The molecule has 2 unspecified atom stereocenters. The van der Waals surface area contributed by atoms with Crippen molar-refractivity contribution in [1.82, 2.24) is 9.62 Å². The molecule has 226 valence electrons. The molecule has 0 aromatic heterocycles. The van der Waals surface area contributed by atoms with Gasteiger partial charge in [0.25, 0.3) is 0 Å². The zero-order valence-corrected chi connectivity index (χ0v) is 25.9. The first-order chi connectivity index (χ1) is 19.9. The molecule has 4 rings (SSSR count). The third-order valence-corrected chi connectivity index (χ3v) is 10.2. The Morgan fingerprint density at radius 1 is 1.00 bits per heavy atom. The summed E-state index contributed by atoms with van der Waals surface area (Å²) in [6.07, 6.45) is 3.25. The molecule has 8 heteroatoms. The minimum Gasteiger partial charge on any atom is -0.481 e. The lowest BCUT2D eigenvalue weighted by atomic mass is 9.88. The average molecular weight is 593 g/mol. The number of sulfonamides is 1. The van der Waals surface area contributed by atoms with Gasteiger partial charge in [0.1, 0.15) is 0 Å². The molecular weight excluding hydrogens is 548 g/mol. The highest BCUT2D eigenvalue weighted by Crippen LogP contribution is 2.32. The molecule has 0 heterocycles. The molecule has 0 fully saturated rings. The number of likely N-dealkylation sites (N-methyl/N-ethyl adjacent to an activating group) is 1.